The van der Waals surface area contributed by atoms with Crippen LogP contribution in [0.4, 0.5) is 0 Å². The Kier molecular flexibility index (Phi) is 2.13. The first-order valence-electron chi connectivity index (χ1n) is 4.24. The molecule has 1 heterocycles. The highest BCUT2D eigenvalue weighted by Crippen LogP contribution is 2.10. The monoisotopic (exact) mass is 171 g/mol. The summed E-state index contributed by atoms with van der Waals surface area (Å²) in [6, 6.07) is 8.36. The molecular formula is C11H11N2. The molecule has 1 aromatic carbocycles. The van der Waals surface area contributed by atoms with E-state index in [0.29, 0.717) is 0 Å². The molecular weight excluding hydrogens is 160 g/mol. The van der Waals surface area contributed by atoms with Crippen LogP contribution in [0.15, 0.2) is 36.8 Å². The normalized spacial score (nSPS) is 10.2. The number of nitrogens with zero attached hydrogens (tertiary/aromatic N) is 1. The molecule has 1 aromatic heterocycles. The minimum atomic E-state index is 1.03. The van der Waals surface area contributed by atoms with E-state index in [1.165, 1.54) is 11.1 Å². The van der Waals surface area contributed by atoms with E-state index in [4.69, 9.17) is 0 Å². The Hall–Kier alpha value is -1.57. The molecule has 0 fully saturated rings. The van der Waals surface area contributed by atoms with Gasteiger partial charge in [-0.25, -0.2) is 4.98 Å². The molecule has 0 atom stereocenters. The highest BCUT2D eigenvalue weighted by atomic mass is 14.9. The molecule has 0 amide bonds. The Bertz CT molecular complexity index is 377. The highest BCUT2D eigenvalue weighted by molar-refractivity contribution is 5.34. The predicted octanol–water partition coefficient (Wildman–Crippen LogP) is 2.32. The van der Waals surface area contributed by atoms with Gasteiger partial charge in [-0.3, -0.25) is 0 Å². The Labute approximate surface area is 77.6 Å². The fourth-order valence-electron chi connectivity index (χ4n) is 1.29. The van der Waals surface area contributed by atoms with Gasteiger partial charge in [-0.2, -0.15) is 0 Å². The number of aromatic nitrogens is 2. The van der Waals surface area contributed by atoms with E-state index < -0.39 is 0 Å². The molecule has 0 bridgehead atoms. The number of H-pyrrole nitrogens is 1. The summed E-state index contributed by atoms with van der Waals surface area (Å²) < 4.78 is 0. The summed E-state index contributed by atoms with van der Waals surface area (Å²) in [7, 11) is 0. The summed E-state index contributed by atoms with van der Waals surface area (Å²) in [5, 5.41) is 0. The summed E-state index contributed by atoms with van der Waals surface area (Å²) in [6.07, 6.45) is 5.56. The third-order valence-corrected chi connectivity index (χ3v) is 1.88. The number of aromatic amines is 1. The minimum absolute atomic E-state index is 1.03. The molecule has 0 aliphatic rings. The second kappa shape index (κ2) is 3.44. The standard InChI is InChI=1S/C11H11N2/c1-9-3-2-4-10(5-9)6-11-7-12-8-13-11/h2-8H,1H3,(H,12,13). The first kappa shape index (κ1) is 8.05. The van der Waals surface area contributed by atoms with Crippen molar-refractivity contribution in [1.29, 1.82) is 0 Å². The molecule has 2 rings (SSSR count). The highest BCUT2D eigenvalue weighted by Gasteiger charge is 1.97. The summed E-state index contributed by atoms with van der Waals surface area (Å²) in [4.78, 5) is 6.99. The van der Waals surface area contributed by atoms with Crippen molar-refractivity contribution >= 4 is 0 Å². The van der Waals surface area contributed by atoms with E-state index in [9.17, 15) is 0 Å². The van der Waals surface area contributed by atoms with Crippen molar-refractivity contribution in [2.45, 2.75) is 6.92 Å². The third kappa shape index (κ3) is 1.96. The summed E-state index contributed by atoms with van der Waals surface area (Å²) in [5.74, 6) is 0. The van der Waals surface area contributed by atoms with E-state index in [-0.39, 0.29) is 0 Å². The van der Waals surface area contributed by atoms with Crippen LogP contribution in [0.25, 0.3) is 0 Å². The fourth-order valence-corrected chi connectivity index (χ4v) is 1.29. The lowest BCUT2D eigenvalue weighted by Crippen LogP contribution is -1.85. The zero-order valence-electron chi connectivity index (χ0n) is 7.49. The molecule has 1 radical (unpaired) electrons. The molecule has 13 heavy (non-hydrogen) atoms. The maximum Gasteiger partial charge on any atom is 0.0921 e. The van der Waals surface area contributed by atoms with Crippen LogP contribution in [-0.2, 0) is 0 Å². The first-order valence-corrected chi connectivity index (χ1v) is 4.24. The van der Waals surface area contributed by atoms with Gasteiger partial charge in [0.2, 0.25) is 0 Å². The van der Waals surface area contributed by atoms with Crippen molar-refractivity contribution in [3.63, 3.8) is 0 Å². The predicted molar refractivity (Wildman–Crippen MR) is 52.3 cm³/mol. The van der Waals surface area contributed by atoms with Crippen molar-refractivity contribution < 1.29 is 0 Å². The lowest BCUT2D eigenvalue weighted by molar-refractivity contribution is 1.26. The van der Waals surface area contributed by atoms with E-state index in [0.717, 1.165) is 5.69 Å². The maximum atomic E-state index is 3.95. The van der Waals surface area contributed by atoms with Gasteiger partial charge in [-0.1, -0.05) is 29.8 Å². The Morgan fingerprint density at radius 2 is 2.31 bits per heavy atom. The number of benzene rings is 1. The van der Waals surface area contributed by atoms with Gasteiger partial charge in [0.1, 0.15) is 0 Å². The van der Waals surface area contributed by atoms with Crippen LogP contribution < -0.4 is 0 Å². The third-order valence-electron chi connectivity index (χ3n) is 1.88. The van der Waals surface area contributed by atoms with Gasteiger partial charge >= 0.3 is 0 Å². The van der Waals surface area contributed by atoms with Gasteiger partial charge in [-0.05, 0) is 12.5 Å². The Morgan fingerprint density at radius 1 is 1.38 bits per heavy atom. The molecule has 0 aliphatic heterocycles. The first-order chi connectivity index (χ1) is 6.34. The molecule has 0 unspecified atom stereocenters. The van der Waals surface area contributed by atoms with Crippen LogP contribution in [-0.4, -0.2) is 9.97 Å². The van der Waals surface area contributed by atoms with Crippen LogP contribution in [0.3, 0.4) is 0 Å². The van der Waals surface area contributed by atoms with Crippen molar-refractivity contribution in [3.05, 3.63) is 60.0 Å². The Balaban J connectivity index is 2.19. The maximum absolute atomic E-state index is 3.95. The second-order valence-electron chi connectivity index (χ2n) is 3.07. The van der Waals surface area contributed by atoms with Crippen LogP contribution in [0, 0.1) is 13.3 Å². The van der Waals surface area contributed by atoms with Crippen molar-refractivity contribution in [2.75, 3.05) is 0 Å². The number of aryl methyl sites for hydroxylation is 1. The molecule has 0 aliphatic carbocycles. The van der Waals surface area contributed by atoms with Gasteiger partial charge in [0.25, 0.3) is 0 Å². The largest absolute Gasteiger partial charge is 0.348 e. The zero-order valence-corrected chi connectivity index (χ0v) is 7.49. The lowest BCUT2D eigenvalue weighted by Gasteiger charge is -1.98. The minimum Gasteiger partial charge on any atom is -0.348 e. The number of imidazole rings is 1. The molecule has 0 spiro atoms. The van der Waals surface area contributed by atoms with E-state index >= 15 is 0 Å². The molecule has 2 aromatic rings. The molecule has 2 heteroatoms. The van der Waals surface area contributed by atoms with Crippen LogP contribution in [0.5, 0.6) is 0 Å². The summed E-state index contributed by atoms with van der Waals surface area (Å²) in [6.45, 7) is 2.09. The van der Waals surface area contributed by atoms with Crippen molar-refractivity contribution in [2.24, 2.45) is 0 Å². The molecule has 65 valence electrons. The quantitative estimate of drug-likeness (QED) is 0.738. The van der Waals surface area contributed by atoms with Crippen LogP contribution in [0.2, 0.25) is 0 Å². The molecule has 2 nitrogen and oxygen atoms in total. The number of hydrogen-bond donors (Lipinski definition) is 1. The van der Waals surface area contributed by atoms with Crippen molar-refractivity contribution in [3.8, 4) is 0 Å². The van der Waals surface area contributed by atoms with Crippen LogP contribution in [0.1, 0.15) is 16.8 Å². The molecule has 1 N–H and O–H groups in total. The van der Waals surface area contributed by atoms with Crippen LogP contribution >= 0.6 is 0 Å². The topological polar surface area (TPSA) is 28.7 Å². The van der Waals surface area contributed by atoms with Gasteiger partial charge in [-0.15, -0.1) is 0 Å². The smallest absolute Gasteiger partial charge is 0.0921 e. The fraction of sp³-hybridized carbons (Fsp3) is 0.0909. The van der Waals surface area contributed by atoms with E-state index in [1.807, 2.05) is 6.20 Å². The SMILES string of the molecule is Cc1cccc([CH]c2cnc[nH]2)c1. The Morgan fingerprint density at radius 3 is 3.00 bits per heavy atom. The van der Waals surface area contributed by atoms with Gasteiger partial charge < -0.3 is 4.98 Å². The molecule has 0 saturated carbocycles. The zero-order chi connectivity index (χ0) is 9.10. The molecule has 0 saturated heterocycles. The van der Waals surface area contributed by atoms with Gasteiger partial charge in [0.05, 0.1) is 6.33 Å². The average Bonchev–Trinajstić information content (AvgIpc) is 2.57. The van der Waals surface area contributed by atoms with Gasteiger partial charge in [0.15, 0.2) is 0 Å². The van der Waals surface area contributed by atoms with E-state index in [1.54, 1.807) is 6.33 Å². The summed E-state index contributed by atoms with van der Waals surface area (Å²) in [5.41, 5.74) is 3.50. The number of nitrogens with one attached hydrogen (secondary N) is 1. The summed E-state index contributed by atoms with van der Waals surface area (Å²) >= 11 is 0. The van der Waals surface area contributed by atoms with Crippen molar-refractivity contribution in [1.82, 2.24) is 9.97 Å². The number of rotatable bonds is 2. The van der Waals surface area contributed by atoms with Gasteiger partial charge in [0, 0.05) is 18.3 Å². The average molecular weight is 171 g/mol. The van der Waals surface area contributed by atoms with E-state index in [2.05, 4.69) is 47.6 Å². The number of hydrogen-bond acceptors (Lipinski definition) is 1. The lowest BCUT2D eigenvalue weighted by atomic mass is 10.1. The second-order valence-corrected chi connectivity index (χ2v) is 3.07.